The van der Waals surface area contributed by atoms with Crippen LogP contribution in [0.4, 0.5) is 4.79 Å². The summed E-state index contributed by atoms with van der Waals surface area (Å²) in [6.07, 6.45) is 1.34. The zero-order valence-electron chi connectivity index (χ0n) is 14.1. The number of likely N-dealkylation sites (tertiary alicyclic amines) is 1. The Balaban J connectivity index is 2.58. The zero-order chi connectivity index (χ0) is 16.3. The number of nitrogens with zero attached hydrogens (tertiary/aromatic N) is 2. The second-order valence-electron chi connectivity index (χ2n) is 7.03. The molecule has 1 aliphatic heterocycles. The van der Waals surface area contributed by atoms with E-state index in [9.17, 15) is 9.59 Å². The fourth-order valence-corrected chi connectivity index (χ4v) is 2.17. The third-order valence-corrected chi connectivity index (χ3v) is 3.35. The first-order valence-electron chi connectivity index (χ1n) is 7.34. The number of hydrogen-bond donors (Lipinski definition) is 0. The van der Waals surface area contributed by atoms with Crippen molar-refractivity contribution in [2.45, 2.75) is 51.7 Å². The third kappa shape index (κ3) is 5.91. The molecule has 21 heavy (non-hydrogen) atoms. The zero-order valence-corrected chi connectivity index (χ0v) is 14.1. The van der Waals surface area contributed by atoms with Crippen LogP contribution in [0.3, 0.4) is 0 Å². The predicted molar refractivity (Wildman–Crippen MR) is 80.1 cm³/mol. The Bertz CT molecular complexity index is 390. The largest absolute Gasteiger partial charge is 0.444 e. The van der Waals surface area contributed by atoms with Crippen molar-refractivity contribution in [1.29, 1.82) is 0 Å². The molecule has 6 nitrogen and oxygen atoms in total. The van der Waals surface area contributed by atoms with E-state index in [1.54, 1.807) is 19.0 Å². The normalized spacial score (nSPS) is 22.9. The van der Waals surface area contributed by atoms with Crippen molar-refractivity contribution in [2.24, 2.45) is 0 Å². The molecule has 0 aromatic rings. The summed E-state index contributed by atoms with van der Waals surface area (Å²) in [6.45, 7) is 8.62. The molecule has 1 heterocycles. The van der Waals surface area contributed by atoms with Crippen LogP contribution in [0.2, 0.25) is 0 Å². The van der Waals surface area contributed by atoms with Crippen LogP contribution in [0.1, 0.15) is 40.5 Å². The lowest BCUT2D eigenvalue weighted by molar-refractivity contribution is -0.143. The highest BCUT2D eigenvalue weighted by atomic mass is 16.6. The highest BCUT2D eigenvalue weighted by Crippen LogP contribution is 2.26. The van der Waals surface area contributed by atoms with Gasteiger partial charge in [0.15, 0.2) is 0 Å². The van der Waals surface area contributed by atoms with E-state index in [0.29, 0.717) is 13.1 Å². The maximum atomic E-state index is 12.1. The summed E-state index contributed by atoms with van der Waals surface area (Å²) in [5.74, 6) is -0.0781. The molecule has 1 unspecified atom stereocenters. The van der Waals surface area contributed by atoms with Gasteiger partial charge in [-0.05, 0) is 40.5 Å². The van der Waals surface area contributed by atoms with E-state index in [2.05, 4.69) is 0 Å². The lowest BCUT2D eigenvalue weighted by Gasteiger charge is -2.40. The Kier molecular flexibility index (Phi) is 5.61. The summed E-state index contributed by atoms with van der Waals surface area (Å²) in [7, 11) is 3.39. The third-order valence-electron chi connectivity index (χ3n) is 3.35. The van der Waals surface area contributed by atoms with Crippen LogP contribution < -0.4 is 0 Å². The summed E-state index contributed by atoms with van der Waals surface area (Å²) in [5, 5.41) is 0. The molecule has 0 radical (unpaired) electrons. The average Bonchev–Trinajstić information content (AvgIpc) is 2.34. The second kappa shape index (κ2) is 6.64. The lowest BCUT2D eigenvalue weighted by atomic mass is 9.95. The van der Waals surface area contributed by atoms with Gasteiger partial charge in [0, 0.05) is 20.6 Å². The number of carbonyl (C=O) groups excluding carboxylic acids is 2. The van der Waals surface area contributed by atoms with Gasteiger partial charge in [-0.3, -0.25) is 4.79 Å². The highest BCUT2D eigenvalue weighted by molar-refractivity contribution is 5.76. The molecule has 2 amide bonds. The monoisotopic (exact) mass is 300 g/mol. The van der Waals surface area contributed by atoms with Crippen molar-refractivity contribution in [2.75, 3.05) is 33.8 Å². The lowest BCUT2D eigenvalue weighted by Crippen LogP contribution is -2.52. The number of hydrogen-bond acceptors (Lipinski definition) is 4. The number of likely N-dealkylation sites (N-methyl/N-ethyl adjacent to an activating group) is 1. The van der Waals surface area contributed by atoms with Gasteiger partial charge >= 0.3 is 6.09 Å². The van der Waals surface area contributed by atoms with Crippen LogP contribution >= 0.6 is 0 Å². The van der Waals surface area contributed by atoms with Crippen molar-refractivity contribution < 1.29 is 19.1 Å². The van der Waals surface area contributed by atoms with Gasteiger partial charge < -0.3 is 19.3 Å². The first-order valence-corrected chi connectivity index (χ1v) is 7.34. The first kappa shape index (κ1) is 17.8. The minimum atomic E-state index is -0.507. The average molecular weight is 300 g/mol. The molecular formula is C15H28N2O4. The van der Waals surface area contributed by atoms with E-state index in [-0.39, 0.29) is 18.6 Å². The Labute approximate surface area is 127 Å². The first-order chi connectivity index (χ1) is 9.52. The van der Waals surface area contributed by atoms with E-state index in [1.165, 1.54) is 4.90 Å². The molecule has 0 aromatic heterocycles. The maximum Gasteiger partial charge on any atom is 0.410 e. The standard InChI is InChI=1S/C15H28N2O4/c1-14(2,3)21-13(19)17-9-7-8-15(4,11-17)20-10-12(18)16(5)6/h7-11H2,1-6H3. The molecular weight excluding hydrogens is 272 g/mol. The Morgan fingerprint density at radius 2 is 1.90 bits per heavy atom. The van der Waals surface area contributed by atoms with Crippen LogP contribution in [0.15, 0.2) is 0 Å². The van der Waals surface area contributed by atoms with Crippen LogP contribution in [0.5, 0.6) is 0 Å². The Morgan fingerprint density at radius 1 is 1.29 bits per heavy atom. The fourth-order valence-electron chi connectivity index (χ4n) is 2.17. The number of piperidine rings is 1. The fraction of sp³-hybridized carbons (Fsp3) is 0.867. The number of amides is 2. The highest BCUT2D eigenvalue weighted by Gasteiger charge is 2.36. The summed E-state index contributed by atoms with van der Waals surface area (Å²) < 4.78 is 11.2. The van der Waals surface area contributed by atoms with Crippen molar-refractivity contribution in [3.8, 4) is 0 Å². The van der Waals surface area contributed by atoms with Gasteiger partial charge in [0.05, 0.1) is 12.1 Å². The molecule has 1 rings (SSSR count). The van der Waals surface area contributed by atoms with Gasteiger partial charge in [0.2, 0.25) is 5.91 Å². The summed E-state index contributed by atoms with van der Waals surface area (Å²) in [4.78, 5) is 26.9. The van der Waals surface area contributed by atoms with E-state index in [4.69, 9.17) is 9.47 Å². The van der Waals surface area contributed by atoms with Crippen LogP contribution in [-0.4, -0.2) is 66.8 Å². The van der Waals surface area contributed by atoms with Gasteiger partial charge in [-0.25, -0.2) is 4.79 Å². The van der Waals surface area contributed by atoms with E-state index >= 15 is 0 Å². The molecule has 0 aliphatic carbocycles. The van der Waals surface area contributed by atoms with Crippen LogP contribution in [0, 0.1) is 0 Å². The predicted octanol–water partition coefficient (Wildman–Crippen LogP) is 1.88. The van der Waals surface area contributed by atoms with Gasteiger partial charge in [-0.2, -0.15) is 0 Å². The molecule has 1 aliphatic rings. The molecule has 0 N–H and O–H groups in total. The second-order valence-corrected chi connectivity index (χ2v) is 7.03. The van der Waals surface area contributed by atoms with Crippen LogP contribution in [-0.2, 0) is 14.3 Å². The van der Waals surface area contributed by atoms with E-state index < -0.39 is 11.2 Å². The minimum absolute atomic E-state index is 0.0334. The molecule has 0 aromatic carbocycles. The SMILES string of the molecule is CN(C)C(=O)COC1(C)CCCN(C(=O)OC(C)(C)C)C1. The molecule has 0 bridgehead atoms. The molecule has 122 valence electrons. The molecule has 0 spiro atoms. The molecule has 6 heteroatoms. The molecule has 0 saturated carbocycles. The molecule has 1 saturated heterocycles. The smallest absolute Gasteiger partial charge is 0.410 e. The molecule has 1 fully saturated rings. The quantitative estimate of drug-likeness (QED) is 0.798. The van der Waals surface area contributed by atoms with E-state index in [0.717, 1.165) is 12.8 Å². The van der Waals surface area contributed by atoms with Crippen molar-refractivity contribution >= 4 is 12.0 Å². The number of rotatable bonds is 3. The summed E-state index contributed by atoms with van der Waals surface area (Å²) >= 11 is 0. The van der Waals surface area contributed by atoms with Crippen molar-refractivity contribution in [3.63, 3.8) is 0 Å². The van der Waals surface area contributed by atoms with Crippen molar-refractivity contribution in [3.05, 3.63) is 0 Å². The van der Waals surface area contributed by atoms with Gasteiger partial charge in [-0.15, -0.1) is 0 Å². The van der Waals surface area contributed by atoms with Gasteiger partial charge in [0.1, 0.15) is 12.2 Å². The Hall–Kier alpha value is -1.30. The minimum Gasteiger partial charge on any atom is -0.444 e. The Morgan fingerprint density at radius 3 is 2.43 bits per heavy atom. The summed E-state index contributed by atoms with van der Waals surface area (Å²) in [5.41, 5.74) is -1.01. The maximum absolute atomic E-state index is 12.1. The molecule has 1 atom stereocenters. The number of ether oxygens (including phenoxy) is 2. The summed E-state index contributed by atoms with van der Waals surface area (Å²) in [6, 6.07) is 0. The van der Waals surface area contributed by atoms with E-state index in [1.807, 2.05) is 27.7 Å². The van der Waals surface area contributed by atoms with Gasteiger partial charge in [-0.1, -0.05) is 0 Å². The van der Waals surface area contributed by atoms with Crippen LogP contribution in [0.25, 0.3) is 0 Å². The van der Waals surface area contributed by atoms with Crippen molar-refractivity contribution in [1.82, 2.24) is 9.80 Å². The topological polar surface area (TPSA) is 59.1 Å². The number of carbonyl (C=O) groups is 2. The van der Waals surface area contributed by atoms with Gasteiger partial charge in [0.25, 0.3) is 0 Å².